The Balaban J connectivity index is 1.80. The van der Waals surface area contributed by atoms with E-state index in [1.54, 1.807) is 0 Å². The first kappa shape index (κ1) is 12.8. The summed E-state index contributed by atoms with van der Waals surface area (Å²) in [4.78, 5) is 4.38. The minimum Gasteiger partial charge on any atom is -0.311 e. The molecule has 0 bridgehead atoms. The van der Waals surface area contributed by atoms with E-state index in [4.69, 9.17) is 0 Å². The molecule has 0 radical (unpaired) electrons. The van der Waals surface area contributed by atoms with Crippen LogP contribution in [0.5, 0.6) is 0 Å². The van der Waals surface area contributed by atoms with Gasteiger partial charge in [-0.1, -0.05) is 30.3 Å². The summed E-state index contributed by atoms with van der Waals surface area (Å²) in [6.45, 7) is 6.10. The van der Waals surface area contributed by atoms with Gasteiger partial charge in [0.05, 0.1) is 5.69 Å². The van der Waals surface area contributed by atoms with Gasteiger partial charge >= 0.3 is 0 Å². The SMILES string of the molecule is Cc1ccccc1CCNCc1ncccc1C. The average molecular weight is 240 g/mol. The molecule has 2 heteroatoms. The molecule has 1 N–H and O–H groups in total. The molecular formula is C16H20N2. The molecule has 0 aliphatic carbocycles. The molecule has 1 aromatic carbocycles. The van der Waals surface area contributed by atoms with Gasteiger partial charge in [-0.15, -0.1) is 0 Å². The van der Waals surface area contributed by atoms with Gasteiger partial charge in [-0.3, -0.25) is 4.98 Å². The van der Waals surface area contributed by atoms with Crippen LogP contribution in [-0.4, -0.2) is 11.5 Å². The van der Waals surface area contributed by atoms with Gasteiger partial charge in [0.1, 0.15) is 0 Å². The second kappa shape index (κ2) is 6.31. The molecule has 0 unspecified atom stereocenters. The molecule has 94 valence electrons. The highest BCUT2D eigenvalue weighted by atomic mass is 14.9. The highest BCUT2D eigenvalue weighted by Gasteiger charge is 1.99. The third-order valence-corrected chi connectivity index (χ3v) is 3.24. The van der Waals surface area contributed by atoms with E-state index in [1.807, 2.05) is 12.3 Å². The summed E-state index contributed by atoms with van der Waals surface area (Å²) in [5, 5.41) is 3.46. The van der Waals surface area contributed by atoms with E-state index in [9.17, 15) is 0 Å². The number of hydrogen-bond acceptors (Lipinski definition) is 2. The van der Waals surface area contributed by atoms with Gasteiger partial charge in [0.25, 0.3) is 0 Å². The summed E-state index contributed by atoms with van der Waals surface area (Å²) in [5.41, 5.74) is 5.18. The summed E-state index contributed by atoms with van der Waals surface area (Å²) < 4.78 is 0. The fraction of sp³-hybridized carbons (Fsp3) is 0.312. The largest absolute Gasteiger partial charge is 0.311 e. The molecule has 0 fully saturated rings. The number of nitrogens with one attached hydrogen (secondary N) is 1. The zero-order valence-corrected chi connectivity index (χ0v) is 11.1. The Morgan fingerprint density at radius 2 is 1.78 bits per heavy atom. The molecule has 2 aromatic rings. The quantitative estimate of drug-likeness (QED) is 0.813. The molecule has 2 rings (SSSR count). The van der Waals surface area contributed by atoms with E-state index in [0.29, 0.717) is 0 Å². The van der Waals surface area contributed by atoms with Crippen LogP contribution < -0.4 is 5.32 Å². The molecule has 2 nitrogen and oxygen atoms in total. The maximum atomic E-state index is 4.38. The Labute approximate surface area is 109 Å². The van der Waals surface area contributed by atoms with Gasteiger partial charge in [0, 0.05) is 12.7 Å². The number of hydrogen-bond donors (Lipinski definition) is 1. The van der Waals surface area contributed by atoms with Crippen LogP contribution in [0, 0.1) is 13.8 Å². The predicted octanol–water partition coefficient (Wildman–Crippen LogP) is 3.03. The van der Waals surface area contributed by atoms with Crippen molar-refractivity contribution in [2.45, 2.75) is 26.8 Å². The first-order chi connectivity index (χ1) is 8.77. The zero-order valence-electron chi connectivity index (χ0n) is 11.1. The molecule has 0 spiro atoms. The molecule has 1 heterocycles. The van der Waals surface area contributed by atoms with Crippen LogP contribution in [0.15, 0.2) is 42.6 Å². The van der Waals surface area contributed by atoms with Crippen molar-refractivity contribution in [3.05, 3.63) is 65.0 Å². The van der Waals surface area contributed by atoms with Crippen molar-refractivity contribution in [2.24, 2.45) is 0 Å². The maximum Gasteiger partial charge on any atom is 0.0570 e. The average Bonchev–Trinajstić information content (AvgIpc) is 2.38. The number of aryl methyl sites for hydroxylation is 2. The van der Waals surface area contributed by atoms with E-state index in [2.05, 4.69) is 54.5 Å². The van der Waals surface area contributed by atoms with Crippen molar-refractivity contribution in [1.82, 2.24) is 10.3 Å². The topological polar surface area (TPSA) is 24.9 Å². The van der Waals surface area contributed by atoms with Crippen LogP contribution in [0.25, 0.3) is 0 Å². The molecule has 1 aromatic heterocycles. The highest BCUT2D eigenvalue weighted by Crippen LogP contribution is 2.07. The van der Waals surface area contributed by atoms with E-state index < -0.39 is 0 Å². The van der Waals surface area contributed by atoms with Crippen LogP contribution in [0.2, 0.25) is 0 Å². The number of pyridine rings is 1. The Hall–Kier alpha value is -1.67. The second-order valence-corrected chi connectivity index (χ2v) is 4.62. The van der Waals surface area contributed by atoms with Crippen LogP contribution in [0.4, 0.5) is 0 Å². The minimum atomic E-state index is 0.846. The smallest absolute Gasteiger partial charge is 0.0570 e. The van der Waals surface area contributed by atoms with Gasteiger partial charge in [0.15, 0.2) is 0 Å². The van der Waals surface area contributed by atoms with E-state index in [1.165, 1.54) is 16.7 Å². The van der Waals surface area contributed by atoms with Crippen molar-refractivity contribution >= 4 is 0 Å². The zero-order chi connectivity index (χ0) is 12.8. The lowest BCUT2D eigenvalue weighted by Crippen LogP contribution is -2.18. The number of rotatable bonds is 5. The summed E-state index contributed by atoms with van der Waals surface area (Å²) in [7, 11) is 0. The highest BCUT2D eigenvalue weighted by molar-refractivity contribution is 5.25. The molecule has 0 saturated carbocycles. The van der Waals surface area contributed by atoms with Gasteiger partial charge in [0.2, 0.25) is 0 Å². The fourth-order valence-corrected chi connectivity index (χ4v) is 2.02. The predicted molar refractivity (Wildman–Crippen MR) is 75.6 cm³/mol. The Morgan fingerprint density at radius 3 is 2.56 bits per heavy atom. The van der Waals surface area contributed by atoms with E-state index in [0.717, 1.165) is 25.2 Å². The van der Waals surface area contributed by atoms with Gasteiger partial charge in [-0.25, -0.2) is 0 Å². The van der Waals surface area contributed by atoms with Crippen molar-refractivity contribution in [3.8, 4) is 0 Å². The number of aromatic nitrogens is 1. The van der Waals surface area contributed by atoms with Crippen molar-refractivity contribution in [1.29, 1.82) is 0 Å². The number of nitrogens with zero attached hydrogens (tertiary/aromatic N) is 1. The summed E-state index contributed by atoms with van der Waals surface area (Å²) in [6.07, 6.45) is 2.92. The normalized spacial score (nSPS) is 10.6. The monoisotopic (exact) mass is 240 g/mol. The minimum absolute atomic E-state index is 0.846. The summed E-state index contributed by atoms with van der Waals surface area (Å²) >= 11 is 0. The first-order valence-corrected chi connectivity index (χ1v) is 6.43. The molecule has 18 heavy (non-hydrogen) atoms. The van der Waals surface area contributed by atoms with Crippen molar-refractivity contribution in [2.75, 3.05) is 6.54 Å². The third kappa shape index (κ3) is 3.41. The third-order valence-electron chi connectivity index (χ3n) is 3.24. The van der Waals surface area contributed by atoms with Crippen LogP contribution in [-0.2, 0) is 13.0 Å². The fourth-order valence-electron chi connectivity index (χ4n) is 2.02. The lowest BCUT2D eigenvalue weighted by Gasteiger charge is -2.08. The molecular weight excluding hydrogens is 220 g/mol. The van der Waals surface area contributed by atoms with Crippen LogP contribution >= 0.6 is 0 Å². The van der Waals surface area contributed by atoms with E-state index >= 15 is 0 Å². The molecule has 0 aliphatic rings. The van der Waals surface area contributed by atoms with Gasteiger partial charge in [-0.2, -0.15) is 0 Å². The maximum absolute atomic E-state index is 4.38. The van der Waals surface area contributed by atoms with Crippen molar-refractivity contribution < 1.29 is 0 Å². The summed E-state index contributed by atoms with van der Waals surface area (Å²) in [5.74, 6) is 0. The Kier molecular flexibility index (Phi) is 4.48. The van der Waals surface area contributed by atoms with Crippen molar-refractivity contribution in [3.63, 3.8) is 0 Å². The van der Waals surface area contributed by atoms with Gasteiger partial charge < -0.3 is 5.32 Å². The first-order valence-electron chi connectivity index (χ1n) is 6.43. The standard InChI is InChI=1S/C16H20N2/c1-13-6-3-4-8-15(13)9-11-17-12-16-14(2)7-5-10-18-16/h3-8,10,17H,9,11-12H2,1-2H3. The Morgan fingerprint density at radius 1 is 1.00 bits per heavy atom. The Bertz CT molecular complexity index is 458. The van der Waals surface area contributed by atoms with E-state index in [-0.39, 0.29) is 0 Å². The molecule has 0 aliphatic heterocycles. The molecule has 0 saturated heterocycles. The van der Waals surface area contributed by atoms with Crippen LogP contribution in [0.1, 0.15) is 22.4 Å². The van der Waals surface area contributed by atoms with Crippen LogP contribution in [0.3, 0.4) is 0 Å². The summed E-state index contributed by atoms with van der Waals surface area (Å²) in [6, 6.07) is 12.6. The lowest BCUT2D eigenvalue weighted by atomic mass is 10.1. The second-order valence-electron chi connectivity index (χ2n) is 4.62. The van der Waals surface area contributed by atoms with Gasteiger partial charge in [-0.05, 0) is 49.6 Å². The molecule has 0 amide bonds. The molecule has 0 atom stereocenters. The number of benzene rings is 1. The lowest BCUT2D eigenvalue weighted by molar-refractivity contribution is 0.670.